The summed E-state index contributed by atoms with van der Waals surface area (Å²) in [4.78, 5) is 37.3. The number of hydrazone groups is 1. The van der Waals surface area contributed by atoms with Crippen molar-refractivity contribution in [3.63, 3.8) is 0 Å². The van der Waals surface area contributed by atoms with Crippen LogP contribution in [0.4, 0.5) is 5.82 Å². The molecule has 0 saturated carbocycles. The van der Waals surface area contributed by atoms with Crippen molar-refractivity contribution in [3.8, 4) is 5.75 Å². The van der Waals surface area contributed by atoms with Gasteiger partial charge in [-0.1, -0.05) is 60.7 Å². The number of aromatic nitrogens is 3. The van der Waals surface area contributed by atoms with Crippen molar-refractivity contribution < 1.29 is 9.53 Å². The van der Waals surface area contributed by atoms with E-state index in [1.54, 1.807) is 0 Å². The van der Waals surface area contributed by atoms with Crippen molar-refractivity contribution in [2.45, 2.75) is 19.6 Å². The van der Waals surface area contributed by atoms with Crippen molar-refractivity contribution >= 4 is 28.7 Å². The van der Waals surface area contributed by atoms with Crippen LogP contribution in [0.25, 0.3) is 10.8 Å². The number of nitrogens with one attached hydrogen (secondary N) is 4. The molecule has 10 heteroatoms. The summed E-state index contributed by atoms with van der Waals surface area (Å²) in [6.07, 6.45) is 1.53. The Kier molecular flexibility index (Phi) is 6.78. The minimum atomic E-state index is -0.849. The van der Waals surface area contributed by atoms with Crippen LogP contribution in [0.15, 0.2) is 81.4 Å². The van der Waals surface area contributed by atoms with E-state index in [1.165, 1.54) is 13.1 Å². The van der Waals surface area contributed by atoms with Crippen molar-refractivity contribution in [3.05, 3.63) is 98.7 Å². The maximum atomic E-state index is 12.4. The number of amides is 1. The standard InChI is InChI=1S/C24H22N6O4/c1-15(26-21-23(32)27-24(33)30-28-21)22(31)29-25-13-19-18-10-6-5-9-17(18)11-12-20(19)34-14-16-7-3-2-4-8-16/h2-13,15H,14H2,1H3,(H,26,28)(H,29,31)(H2,27,30,32,33). The second kappa shape index (κ2) is 10.3. The molecule has 4 N–H and O–H groups in total. The zero-order valence-electron chi connectivity index (χ0n) is 18.2. The van der Waals surface area contributed by atoms with Gasteiger partial charge < -0.3 is 10.1 Å². The molecule has 10 nitrogen and oxygen atoms in total. The lowest BCUT2D eigenvalue weighted by Gasteiger charge is -2.13. The van der Waals surface area contributed by atoms with E-state index in [0.717, 1.165) is 16.3 Å². The number of benzene rings is 3. The second-order valence-electron chi connectivity index (χ2n) is 7.43. The quantitative estimate of drug-likeness (QED) is 0.235. The molecule has 0 aliphatic heterocycles. The summed E-state index contributed by atoms with van der Waals surface area (Å²) >= 11 is 0. The van der Waals surface area contributed by atoms with Crippen LogP contribution < -0.4 is 26.7 Å². The molecule has 172 valence electrons. The average molecular weight is 458 g/mol. The number of carbonyl (C=O) groups is 1. The number of carbonyl (C=O) groups excluding carboxylic acids is 1. The van der Waals surface area contributed by atoms with Gasteiger partial charge in [0.05, 0.1) is 6.21 Å². The Hall–Kier alpha value is -4.73. The number of H-pyrrole nitrogens is 2. The van der Waals surface area contributed by atoms with E-state index in [-0.39, 0.29) is 5.82 Å². The van der Waals surface area contributed by atoms with E-state index in [1.807, 2.05) is 71.7 Å². The molecule has 0 fully saturated rings. The van der Waals surface area contributed by atoms with E-state index in [4.69, 9.17) is 4.74 Å². The molecule has 0 bridgehead atoms. The molecule has 4 aromatic rings. The number of ether oxygens (including phenoxy) is 1. The van der Waals surface area contributed by atoms with Crippen LogP contribution in [-0.2, 0) is 11.4 Å². The van der Waals surface area contributed by atoms with Crippen molar-refractivity contribution in [1.82, 2.24) is 20.6 Å². The van der Waals surface area contributed by atoms with Crippen molar-refractivity contribution in [2.24, 2.45) is 5.10 Å². The lowest BCUT2D eigenvalue weighted by Crippen LogP contribution is -2.38. The fourth-order valence-electron chi connectivity index (χ4n) is 3.24. The van der Waals surface area contributed by atoms with E-state index in [2.05, 4.69) is 26.0 Å². The maximum Gasteiger partial charge on any atom is 0.342 e. The van der Waals surface area contributed by atoms with Crippen LogP contribution in [0.3, 0.4) is 0 Å². The predicted octanol–water partition coefficient (Wildman–Crippen LogP) is 2.14. The first kappa shape index (κ1) is 22.5. The second-order valence-corrected chi connectivity index (χ2v) is 7.43. The van der Waals surface area contributed by atoms with Crippen LogP contribution in [-0.4, -0.2) is 33.3 Å². The SMILES string of the molecule is CC(Nc1n[nH]c(=O)[nH]c1=O)C(=O)NN=Cc1c(OCc2ccccc2)ccc2ccccc12. The van der Waals surface area contributed by atoms with Gasteiger partial charge in [-0.05, 0) is 29.3 Å². The van der Waals surface area contributed by atoms with Crippen LogP contribution in [0.2, 0.25) is 0 Å². The number of fused-ring (bicyclic) bond motifs is 1. The predicted molar refractivity (Wildman–Crippen MR) is 129 cm³/mol. The Morgan fingerprint density at radius 1 is 1.09 bits per heavy atom. The van der Waals surface area contributed by atoms with Gasteiger partial charge in [-0.25, -0.2) is 15.3 Å². The Morgan fingerprint density at radius 3 is 2.65 bits per heavy atom. The average Bonchev–Trinajstić information content (AvgIpc) is 2.85. The lowest BCUT2D eigenvalue weighted by molar-refractivity contribution is -0.121. The van der Waals surface area contributed by atoms with Crippen LogP contribution in [0.1, 0.15) is 18.1 Å². The fourth-order valence-corrected chi connectivity index (χ4v) is 3.24. The van der Waals surface area contributed by atoms with Gasteiger partial charge in [0.25, 0.3) is 11.5 Å². The molecule has 1 heterocycles. The molecule has 0 aliphatic carbocycles. The number of anilines is 1. The van der Waals surface area contributed by atoms with Gasteiger partial charge in [-0.2, -0.15) is 5.10 Å². The summed E-state index contributed by atoms with van der Waals surface area (Å²) in [6, 6.07) is 20.6. The zero-order valence-corrected chi connectivity index (χ0v) is 18.2. The molecular formula is C24H22N6O4. The number of aromatic amines is 2. The van der Waals surface area contributed by atoms with Crippen molar-refractivity contribution in [1.29, 1.82) is 0 Å². The van der Waals surface area contributed by atoms with Gasteiger partial charge in [0, 0.05) is 5.56 Å². The van der Waals surface area contributed by atoms with Crippen LogP contribution in [0.5, 0.6) is 5.75 Å². The summed E-state index contributed by atoms with van der Waals surface area (Å²) < 4.78 is 6.05. The molecule has 3 aromatic carbocycles. The van der Waals surface area contributed by atoms with Gasteiger partial charge in [0.2, 0.25) is 5.82 Å². The van der Waals surface area contributed by atoms with E-state index in [9.17, 15) is 14.4 Å². The molecule has 4 rings (SSSR count). The third kappa shape index (κ3) is 5.36. The number of hydrogen-bond acceptors (Lipinski definition) is 7. The number of hydrogen-bond donors (Lipinski definition) is 4. The van der Waals surface area contributed by atoms with Gasteiger partial charge in [0.15, 0.2) is 0 Å². The third-order valence-electron chi connectivity index (χ3n) is 4.99. The first-order valence-corrected chi connectivity index (χ1v) is 10.5. The number of rotatable bonds is 8. The highest BCUT2D eigenvalue weighted by Gasteiger charge is 2.15. The molecule has 0 saturated heterocycles. The summed E-state index contributed by atoms with van der Waals surface area (Å²) in [5, 5.41) is 14.3. The Labute approximate surface area is 193 Å². The number of nitrogens with zero attached hydrogens (tertiary/aromatic N) is 2. The van der Waals surface area contributed by atoms with E-state index in [0.29, 0.717) is 17.9 Å². The first-order valence-electron chi connectivity index (χ1n) is 10.5. The molecule has 0 aliphatic rings. The smallest absolute Gasteiger partial charge is 0.342 e. The van der Waals surface area contributed by atoms with Crippen molar-refractivity contribution in [2.75, 3.05) is 5.32 Å². The third-order valence-corrected chi connectivity index (χ3v) is 4.99. The van der Waals surface area contributed by atoms with E-state index < -0.39 is 23.2 Å². The molecule has 34 heavy (non-hydrogen) atoms. The molecule has 1 aromatic heterocycles. The maximum absolute atomic E-state index is 12.4. The normalized spacial score (nSPS) is 11.9. The largest absolute Gasteiger partial charge is 0.488 e. The fraction of sp³-hybridized carbons (Fsp3) is 0.125. The van der Waals surface area contributed by atoms with Crippen LogP contribution >= 0.6 is 0 Å². The highest BCUT2D eigenvalue weighted by atomic mass is 16.5. The highest BCUT2D eigenvalue weighted by molar-refractivity contribution is 6.02. The molecular weight excluding hydrogens is 436 g/mol. The lowest BCUT2D eigenvalue weighted by atomic mass is 10.0. The summed E-state index contributed by atoms with van der Waals surface area (Å²) in [5.41, 5.74) is 2.72. The van der Waals surface area contributed by atoms with Gasteiger partial charge in [-0.3, -0.25) is 14.6 Å². The molecule has 0 radical (unpaired) electrons. The summed E-state index contributed by atoms with van der Waals surface area (Å²) in [7, 11) is 0. The van der Waals surface area contributed by atoms with Gasteiger partial charge in [0.1, 0.15) is 18.4 Å². The first-order chi connectivity index (χ1) is 16.5. The molecule has 0 spiro atoms. The van der Waals surface area contributed by atoms with Gasteiger partial charge >= 0.3 is 5.69 Å². The zero-order chi connectivity index (χ0) is 23.9. The molecule has 1 atom stereocenters. The minimum Gasteiger partial charge on any atom is -0.488 e. The molecule has 1 amide bonds. The minimum absolute atomic E-state index is 0.183. The van der Waals surface area contributed by atoms with Crippen LogP contribution in [0, 0.1) is 0 Å². The highest BCUT2D eigenvalue weighted by Crippen LogP contribution is 2.27. The molecule has 1 unspecified atom stereocenters. The monoisotopic (exact) mass is 458 g/mol. The Balaban J connectivity index is 1.50. The Morgan fingerprint density at radius 2 is 1.85 bits per heavy atom. The Bertz CT molecular complexity index is 1450. The van der Waals surface area contributed by atoms with E-state index >= 15 is 0 Å². The topological polar surface area (TPSA) is 141 Å². The summed E-state index contributed by atoms with van der Waals surface area (Å²) in [6.45, 7) is 1.91. The summed E-state index contributed by atoms with van der Waals surface area (Å²) in [5.74, 6) is -0.0665. The van der Waals surface area contributed by atoms with Gasteiger partial charge in [-0.15, -0.1) is 5.10 Å².